The molecule has 3 heterocycles. The predicted molar refractivity (Wildman–Crippen MR) is 117 cm³/mol. The first-order chi connectivity index (χ1) is 13.3. The maximum atomic E-state index is 12.8. The topological polar surface area (TPSA) is 49.3 Å². The van der Waals surface area contributed by atoms with Crippen molar-refractivity contribution in [3.05, 3.63) is 52.4 Å². The molecule has 1 fully saturated rings. The standard InChI is InChI=1S/C22H29BrN4O/c1-22(2,3)8-11-26-9-5-10-27(13-12-26)20-7-4-6-19(25-20)21(28)17-14-18(23)16-24-15-17/h4,6-7,14-16H,5,8-13H2,1-3H3. The number of hydrogen-bond donors (Lipinski definition) is 0. The molecule has 0 amide bonds. The van der Waals surface area contributed by atoms with Gasteiger partial charge in [-0.3, -0.25) is 9.78 Å². The van der Waals surface area contributed by atoms with Crippen LogP contribution in [0.1, 0.15) is 49.7 Å². The fraction of sp³-hybridized carbons (Fsp3) is 0.500. The van der Waals surface area contributed by atoms with Gasteiger partial charge in [0.2, 0.25) is 5.78 Å². The van der Waals surface area contributed by atoms with Crippen LogP contribution in [0.4, 0.5) is 5.82 Å². The predicted octanol–water partition coefficient (Wildman–Crippen LogP) is 4.42. The van der Waals surface area contributed by atoms with Gasteiger partial charge in [-0.25, -0.2) is 4.98 Å². The molecular formula is C22H29BrN4O. The van der Waals surface area contributed by atoms with Crippen LogP contribution < -0.4 is 4.90 Å². The lowest BCUT2D eigenvalue weighted by molar-refractivity contribution is 0.103. The van der Waals surface area contributed by atoms with Crippen LogP contribution in [0.15, 0.2) is 41.1 Å². The van der Waals surface area contributed by atoms with Crippen LogP contribution in [-0.4, -0.2) is 53.4 Å². The molecule has 2 aromatic heterocycles. The van der Waals surface area contributed by atoms with Gasteiger partial charge in [0.25, 0.3) is 0 Å². The summed E-state index contributed by atoms with van der Waals surface area (Å²) in [5, 5.41) is 0. The Morgan fingerprint density at radius 1 is 1.14 bits per heavy atom. The van der Waals surface area contributed by atoms with Gasteiger partial charge in [0.05, 0.1) is 0 Å². The SMILES string of the molecule is CC(C)(C)CCN1CCCN(c2cccc(C(=O)c3cncc(Br)c3)n2)CC1. The molecule has 28 heavy (non-hydrogen) atoms. The first kappa shape index (κ1) is 20.9. The summed E-state index contributed by atoms with van der Waals surface area (Å²) in [6.07, 6.45) is 5.57. The zero-order chi connectivity index (χ0) is 20.1. The molecule has 0 atom stereocenters. The van der Waals surface area contributed by atoms with Gasteiger partial charge in [-0.1, -0.05) is 26.8 Å². The number of hydrogen-bond acceptors (Lipinski definition) is 5. The van der Waals surface area contributed by atoms with Gasteiger partial charge < -0.3 is 9.80 Å². The van der Waals surface area contributed by atoms with E-state index in [1.165, 1.54) is 6.42 Å². The number of carbonyl (C=O) groups is 1. The molecule has 1 saturated heterocycles. The lowest BCUT2D eigenvalue weighted by Gasteiger charge is -2.26. The molecule has 0 spiro atoms. The lowest BCUT2D eigenvalue weighted by atomic mass is 9.92. The van der Waals surface area contributed by atoms with Crippen molar-refractivity contribution in [1.29, 1.82) is 0 Å². The van der Waals surface area contributed by atoms with Crippen molar-refractivity contribution in [2.45, 2.75) is 33.6 Å². The van der Waals surface area contributed by atoms with Gasteiger partial charge in [0, 0.05) is 42.1 Å². The number of aromatic nitrogens is 2. The minimum atomic E-state index is -0.0997. The minimum absolute atomic E-state index is 0.0997. The van der Waals surface area contributed by atoms with Crippen molar-refractivity contribution in [2.75, 3.05) is 37.6 Å². The second-order valence-corrected chi connectivity index (χ2v) is 9.51. The van der Waals surface area contributed by atoms with Crippen molar-refractivity contribution in [3.8, 4) is 0 Å². The van der Waals surface area contributed by atoms with Gasteiger partial charge in [0.1, 0.15) is 11.5 Å². The first-order valence-electron chi connectivity index (χ1n) is 9.91. The van der Waals surface area contributed by atoms with E-state index in [0.717, 1.165) is 49.4 Å². The van der Waals surface area contributed by atoms with E-state index in [9.17, 15) is 4.79 Å². The van der Waals surface area contributed by atoms with E-state index in [0.29, 0.717) is 16.7 Å². The highest BCUT2D eigenvalue weighted by Crippen LogP contribution is 2.21. The average molecular weight is 445 g/mol. The van der Waals surface area contributed by atoms with Gasteiger partial charge in [0.15, 0.2) is 0 Å². The van der Waals surface area contributed by atoms with E-state index in [2.05, 4.69) is 56.5 Å². The van der Waals surface area contributed by atoms with Gasteiger partial charge >= 0.3 is 0 Å². The smallest absolute Gasteiger partial charge is 0.213 e. The van der Waals surface area contributed by atoms with Crippen molar-refractivity contribution in [2.24, 2.45) is 5.41 Å². The van der Waals surface area contributed by atoms with E-state index in [1.54, 1.807) is 24.5 Å². The highest BCUT2D eigenvalue weighted by Gasteiger charge is 2.19. The molecule has 0 unspecified atom stereocenters. The van der Waals surface area contributed by atoms with Gasteiger partial charge in [-0.2, -0.15) is 0 Å². The highest BCUT2D eigenvalue weighted by molar-refractivity contribution is 9.10. The normalized spacial score (nSPS) is 16.1. The van der Waals surface area contributed by atoms with E-state index in [-0.39, 0.29) is 5.78 Å². The van der Waals surface area contributed by atoms with E-state index < -0.39 is 0 Å². The summed E-state index contributed by atoms with van der Waals surface area (Å²) in [7, 11) is 0. The molecule has 150 valence electrons. The fourth-order valence-corrected chi connectivity index (χ4v) is 3.69. The quantitative estimate of drug-likeness (QED) is 0.638. The van der Waals surface area contributed by atoms with Crippen molar-refractivity contribution in [1.82, 2.24) is 14.9 Å². The van der Waals surface area contributed by atoms with Crippen LogP contribution in [0, 0.1) is 5.41 Å². The van der Waals surface area contributed by atoms with E-state index >= 15 is 0 Å². The van der Waals surface area contributed by atoms with Gasteiger partial charge in [-0.15, -0.1) is 0 Å². The van der Waals surface area contributed by atoms with Crippen LogP contribution in [-0.2, 0) is 0 Å². The number of halogens is 1. The van der Waals surface area contributed by atoms with Crippen molar-refractivity contribution in [3.63, 3.8) is 0 Å². The third-order valence-corrected chi connectivity index (χ3v) is 5.46. The Bertz CT molecular complexity index is 818. The summed E-state index contributed by atoms with van der Waals surface area (Å²) in [5.41, 5.74) is 1.37. The number of anilines is 1. The third-order valence-electron chi connectivity index (χ3n) is 5.02. The number of nitrogens with zero attached hydrogens (tertiary/aromatic N) is 4. The van der Waals surface area contributed by atoms with Crippen LogP contribution in [0.5, 0.6) is 0 Å². The Hall–Kier alpha value is -1.79. The summed E-state index contributed by atoms with van der Waals surface area (Å²) in [6, 6.07) is 7.48. The van der Waals surface area contributed by atoms with Crippen molar-refractivity contribution < 1.29 is 4.79 Å². The van der Waals surface area contributed by atoms with Gasteiger partial charge in [-0.05, 0) is 65.5 Å². The minimum Gasteiger partial charge on any atom is -0.355 e. The molecule has 0 radical (unpaired) electrons. The highest BCUT2D eigenvalue weighted by atomic mass is 79.9. The molecule has 3 rings (SSSR count). The first-order valence-corrected chi connectivity index (χ1v) is 10.7. The Kier molecular flexibility index (Phi) is 6.83. The molecule has 5 nitrogen and oxygen atoms in total. The molecule has 0 saturated carbocycles. The fourth-order valence-electron chi connectivity index (χ4n) is 3.33. The molecule has 1 aliphatic rings. The van der Waals surface area contributed by atoms with Crippen molar-refractivity contribution >= 4 is 27.5 Å². The summed E-state index contributed by atoms with van der Waals surface area (Å²) in [6.45, 7) is 12.1. The second kappa shape index (κ2) is 9.14. The molecule has 1 aliphatic heterocycles. The summed E-state index contributed by atoms with van der Waals surface area (Å²) < 4.78 is 0.789. The Morgan fingerprint density at radius 3 is 2.71 bits per heavy atom. The Morgan fingerprint density at radius 2 is 1.96 bits per heavy atom. The van der Waals surface area contributed by atoms with E-state index in [1.807, 2.05) is 12.1 Å². The molecule has 0 aromatic carbocycles. The van der Waals surface area contributed by atoms with Crippen LogP contribution in [0.25, 0.3) is 0 Å². The average Bonchev–Trinajstić information content (AvgIpc) is 2.91. The lowest BCUT2D eigenvalue weighted by Crippen LogP contribution is -2.33. The Labute approximate surface area is 176 Å². The molecule has 0 bridgehead atoms. The molecule has 6 heteroatoms. The van der Waals surface area contributed by atoms with Crippen LogP contribution >= 0.6 is 15.9 Å². The Balaban J connectivity index is 1.67. The number of carbonyl (C=O) groups excluding carboxylic acids is 1. The van der Waals surface area contributed by atoms with Crippen LogP contribution in [0.2, 0.25) is 0 Å². The third kappa shape index (κ3) is 5.85. The number of ketones is 1. The maximum absolute atomic E-state index is 12.8. The van der Waals surface area contributed by atoms with E-state index in [4.69, 9.17) is 0 Å². The molecule has 2 aromatic rings. The summed E-state index contributed by atoms with van der Waals surface area (Å²) in [4.78, 5) is 26.4. The molecule has 0 N–H and O–H groups in total. The molecular weight excluding hydrogens is 416 g/mol. The van der Waals surface area contributed by atoms with Crippen LogP contribution in [0.3, 0.4) is 0 Å². The number of rotatable bonds is 5. The monoisotopic (exact) mass is 444 g/mol. The molecule has 0 aliphatic carbocycles. The largest absolute Gasteiger partial charge is 0.355 e. The second-order valence-electron chi connectivity index (χ2n) is 8.59. The number of pyridine rings is 2. The maximum Gasteiger partial charge on any atom is 0.213 e. The summed E-state index contributed by atoms with van der Waals surface area (Å²) in [5.74, 6) is 0.781. The zero-order valence-corrected chi connectivity index (χ0v) is 18.6. The summed E-state index contributed by atoms with van der Waals surface area (Å²) >= 11 is 3.37. The zero-order valence-electron chi connectivity index (χ0n) is 17.0.